The second kappa shape index (κ2) is 6.31. The average Bonchev–Trinajstić information content (AvgIpc) is 2.89. The first kappa shape index (κ1) is 13.5. The smallest absolute Gasteiger partial charge is 0.157 e. The Bertz CT molecular complexity index is 452. The van der Waals surface area contributed by atoms with Crippen LogP contribution in [0.15, 0.2) is 33.7 Å². The van der Waals surface area contributed by atoms with Gasteiger partial charge in [-0.25, -0.2) is 0 Å². The number of thioether (sulfide) groups is 1. The van der Waals surface area contributed by atoms with Crippen molar-refractivity contribution < 1.29 is 0 Å². The summed E-state index contributed by atoms with van der Waals surface area (Å²) in [7, 11) is 0. The van der Waals surface area contributed by atoms with Gasteiger partial charge in [0.05, 0.1) is 11.8 Å². The normalized spacial score (nSPS) is 24.3. The van der Waals surface area contributed by atoms with E-state index < -0.39 is 0 Å². The lowest BCUT2D eigenvalue weighted by atomic mass is 9.96. The zero-order valence-corrected chi connectivity index (χ0v) is 13.3. The molecule has 1 heterocycles. The quantitative estimate of drug-likeness (QED) is 0.857. The lowest BCUT2D eigenvalue weighted by Gasteiger charge is -2.23. The summed E-state index contributed by atoms with van der Waals surface area (Å²) >= 11 is 5.37. The fourth-order valence-electron chi connectivity index (χ4n) is 2.73. The molecule has 1 N–H and O–H groups in total. The van der Waals surface area contributed by atoms with Crippen LogP contribution in [0, 0.1) is 0 Å². The Kier molecular flexibility index (Phi) is 4.49. The maximum absolute atomic E-state index is 4.67. The van der Waals surface area contributed by atoms with E-state index in [9.17, 15) is 0 Å². The number of aliphatic imine (C=N–C) groups is 1. The maximum atomic E-state index is 4.67. The van der Waals surface area contributed by atoms with Gasteiger partial charge in [-0.15, -0.1) is 0 Å². The lowest BCUT2D eigenvalue weighted by Crippen LogP contribution is -2.33. The molecule has 0 aromatic heterocycles. The summed E-state index contributed by atoms with van der Waals surface area (Å²) in [4.78, 5) is 4.67. The molecule has 1 aliphatic carbocycles. The second-order valence-electron chi connectivity index (χ2n) is 5.28. The zero-order valence-electron chi connectivity index (χ0n) is 10.9. The van der Waals surface area contributed by atoms with Crippen molar-refractivity contribution >= 4 is 32.9 Å². The van der Waals surface area contributed by atoms with Crippen LogP contribution < -0.4 is 5.32 Å². The molecule has 0 radical (unpaired) electrons. The molecule has 19 heavy (non-hydrogen) atoms. The van der Waals surface area contributed by atoms with E-state index in [0.29, 0.717) is 11.3 Å². The molecule has 2 aliphatic rings. The summed E-state index contributed by atoms with van der Waals surface area (Å²) in [5.74, 6) is 0. The number of rotatable bonds is 2. The summed E-state index contributed by atoms with van der Waals surface area (Å²) in [5, 5.41) is 5.27. The number of hydrogen-bond acceptors (Lipinski definition) is 3. The molecule has 1 aromatic rings. The van der Waals surface area contributed by atoms with Crippen molar-refractivity contribution in [1.82, 2.24) is 5.32 Å². The fourth-order valence-corrected chi connectivity index (χ4v) is 4.09. The highest BCUT2D eigenvalue weighted by Gasteiger charge is 2.23. The highest BCUT2D eigenvalue weighted by molar-refractivity contribution is 9.10. The highest BCUT2D eigenvalue weighted by atomic mass is 79.9. The van der Waals surface area contributed by atoms with Crippen LogP contribution in [0.2, 0.25) is 0 Å². The van der Waals surface area contributed by atoms with E-state index in [1.54, 1.807) is 0 Å². The van der Waals surface area contributed by atoms with Gasteiger partial charge in [0, 0.05) is 10.5 Å². The molecule has 1 aromatic carbocycles. The van der Waals surface area contributed by atoms with Gasteiger partial charge >= 0.3 is 0 Å². The van der Waals surface area contributed by atoms with Crippen LogP contribution in [0.3, 0.4) is 0 Å². The standard InChI is InChI=1S/C15H19BrN2S/c16-12-8-6-11(7-9-12)14-10-17-15(19-14)18-13-4-2-1-3-5-13/h6-9,13-14H,1-5,10H2,(H,17,18). The third-order valence-corrected chi connectivity index (χ3v) is 5.53. The lowest BCUT2D eigenvalue weighted by molar-refractivity contribution is 0.415. The van der Waals surface area contributed by atoms with Gasteiger partial charge in [-0.1, -0.05) is 59.1 Å². The minimum atomic E-state index is 0.485. The topological polar surface area (TPSA) is 24.4 Å². The predicted octanol–water partition coefficient (Wildman–Crippen LogP) is 4.52. The summed E-state index contributed by atoms with van der Waals surface area (Å²) in [5.41, 5.74) is 1.37. The molecule has 4 heteroatoms. The van der Waals surface area contributed by atoms with Gasteiger partial charge in [-0.3, -0.25) is 4.99 Å². The highest BCUT2D eigenvalue weighted by Crippen LogP contribution is 2.35. The molecule has 3 rings (SSSR count). The summed E-state index contributed by atoms with van der Waals surface area (Å²) in [6.07, 6.45) is 6.75. The molecule has 0 bridgehead atoms. The first-order chi connectivity index (χ1) is 9.31. The minimum Gasteiger partial charge on any atom is -0.362 e. The number of halogens is 1. The van der Waals surface area contributed by atoms with Crippen LogP contribution in [0.5, 0.6) is 0 Å². The van der Waals surface area contributed by atoms with Crippen LogP contribution in [0.1, 0.15) is 42.9 Å². The Morgan fingerprint density at radius 2 is 1.84 bits per heavy atom. The number of amidine groups is 1. The summed E-state index contributed by atoms with van der Waals surface area (Å²) in [6, 6.07) is 9.27. The third-order valence-electron chi connectivity index (χ3n) is 3.83. The van der Waals surface area contributed by atoms with Crippen molar-refractivity contribution in [2.24, 2.45) is 4.99 Å². The molecule has 1 atom stereocenters. The number of nitrogens with one attached hydrogen (secondary N) is 1. The number of benzene rings is 1. The Labute approximate surface area is 127 Å². The van der Waals surface area contributed by atoms with E-state index >= 15 is 0 Å². The molecule has 0 spiro atoms. The Morgan fingerprint density at radius 3 is 2.58 bits per heavy atom. The molecule has 1 unspecified atom stereocenters. The maximum Gasteiger partial charge on any atom is 0.157 e. The minimum absolute atomic E-state index is 0.485. The zero-order chi connectivity index (χ0) is 13.1. The van der Waals surface area contributed by atoms with E-state index in [4.69, 9.17) is 0 Å². The molecule has 102 valence electrons. The van der Waals surface area contributed by atoms with Crippen molar-refractivity contribution in [1.29, 1.82) is 0 Å². The number of nitrogens with zero attached hydrogens (tertiary/aromatic N) is 1. The number of hydrogen-bond donors (Lipinski definition) is 1. The van der Waals surface area contributed by atoms with Gasteiger partial charge in [0.15, 0.2) is 5.17 Å². The van der Waals surface area contributed by atoms with Crippen LogP contribution in [0.25, 0.3) is 0 Å². The molecule has 1 aliphatic heterocycles. The Morgan fingerprint density at radius 1 is 1.11 bits per heavy atom. The van der Waals surface area contributed by atoms with Gasteiger partial charge in [0.1, 0.15) is 0 Å². The summed E-state index contributed by atoms with van der Waals surface area (Å²) < 4.78 is 1.14. The molecule has 1 fully saturated rings. The second-order valence-corrected chi connectivity index (χ2v) is 7.39. The third kappa shape index (κ3) is 3.54. The van der Waals surface area contributed by atoms with Gasteiger partial charge in [-0.2, -0.15) is 0 Å². The van der Waals surface area contributed by atoms with Crippen LogP contribution in [-0.4, -0.2) is 17.8 Å². The first-order valence-corrected chi connectivity index (χ1v) is 8.71. The Hall–Kier alpha value is -0.480. The fraction of sp³-hybridized carbons (Fsp3) is 0.533. The van der Waals surface area contributed by atoms with Crippen molar-refractivity contribution in [2.75, 3.05) is 6.54 Å². The van der Waals surface area contributed by atoms with E-state index in [0.717, 1.165) is 16.2 Å². The molecule has 0 saturated heterocycles. The van der Waals surface area contributed by atoms with Crippen LogP contribution in [-0.2, 0) is 0 Å². The monoisotopic (exact) mass is 338 g/mol. The van der Waals surface area contributed by atoms with Gasteiger partial charge in [0.2, 0.25) is 0 Å². The van der Waals surface area contributed by atoms with E-state index in [-0.39, 0.29) is 0 Å². The van der Waals surface area contributed by atoms with Crippen molar-refractivity contribution in [3.05, 3.63) is 34.3 Å². The van der Waals surface area contributed by atoms with Crippen LogP contribution in [0.4, 0.5) is 0 Å². The van der Waals surface area contributed by atoms with Crippen molar-refractivity contribution in [3.63, 3.8) is 0 Å². The molecular formula is C15H19BrN2S. The van der Waals surface area contributed by atoms with Crippen molar-refractivity contribution in [3.8, 4) is 0 Å². The molecule has 0 amide bonds. The SMILES string of the molecule is Brc1ccc(C2CN=C(NC3CCCCC3)S2)cc1. The van der Waals surface area contributed by atoms with E-state index in [1.165, 1.54) is 37.7 Å². The first-order valence-electron chi connectivity index (χ1n) is 7.04. The molecule has 2 nitrogen and oxygen atoms in total. The van der Waals surface area contributed by atoms with E-state index in [2.05, 4.69) is 50.5 Å². The summed E-state index contributed by atoms with van der Waals surface area (Å²) in [6.45, 7) is 0.904. The van der Waals surface area contributed by atoms with Crippen molar-refractivity contribution in [2.45, 2.75) is 43.4 Å². The van der Waals surface area contributed by atoms with E-state index in [1.807, 2.05) is 11.8 Å². The largest absolute Gasteiger partial charge is 0.362 e. The van der Waals surface area contributed by atoms with Gasteiger partial charge in [-0.05, 0) is 30.5 Å². The predicted molar refractivity (Wildman–Crippen MR) is 86.8 cm³/mol. The average molecular weight is 339 g/mol. The molecular weight excluding hydrogens is 320 g/mol. The Balaban J connectivity index is 1.55. The van der Waals surface area contributed by atoms with Gasteiger partial charge in [0.25, 0.3) is 0 Å². The molecule has 1 saturated carbocycles. The van der Waals surface area contributed by atoms with Crippen LogP contribution >= 0.6 is 27.7 Å². The van der Waals surface area contributed by atoms with Gasteiger partial charge < -0.3 is 5.32 Å².